The molecule has 154 valence electrons. The van der Waals surface area contributed by atoms with E-state index in [1.807, 2.05) is 42.5 Å². The molecule has 0 atom stereocenters. The van der Waals surface area contributed by atoms with Crippen molar-refractivity contribution in [1.29, 1.82) is 0 Å². The predicted molar refractivity (Wildman–Crippen MR) is 119 cm³/mol. The normalized spacial score (nSPS) is 10.6. The van der Waals surface area contributed by atoms with Crippen LogP contribution in [-0.4, -0.2) is 20.3 Å². The maximum atomic E-state index is 12.4. The van der Waals surface area contributed by atoms with Gasteiger partial charge in [0.05, 0.1) is 12.2 Å². The van der Waals surface area contributed by atoms with Crippen LogP contribution in [0.2, 0.25) is 0 Å². The van der Waals surface area contributed by atoms with Crippen molar-refractivity contribution in [3.05, 3.63) is 117 Å². The maximum absolute atomic E-state index is 12.4. The summed E-state index contributed by atoms with van der Waals surface area (Å²) in [5, 5.41) is 7.08. The fourth-order valence-corrected chi connectivity index (χ4v) is 3.14. The van der Waals surface area contributed by atoms with Crippen molar-refractivity contribution < 1.29 is 4.79 Å². The van der Waals surface area contributed by atoms with Gasteiger partial charge in [0.15, 0.2) is 0 Å². The number of nitrogens with one attached hydrogen (secondary N) is 1. The molecule has 0 radical (unpaired) electrons. The van der Waals surface area contributed by atoms with Crippen molar-refractivity contribution in [3.63, 3.8) is 0 Å². The molecule has 1 N–H and O–H groups in total. The highest BCUT2D eigenvalue weighted by molar-refractivity contribution is 5.90. The molecule has 0 aliphatic heterocycles. The summed E-state index contributed by atoms with van der Waals surface area (Å²) in [4.78, 5) is 36.4. The number of hydrogen-bond acceptors (Lipinski definition) is 4. The molecule has 0 fully saturated rings. The third-order valence-corrected chi connectivity index (χ3v) is 4.72. The molecule has 7 nitrogen and oxygen atoms in total. The van der Waals surface area contributed by atoms with Gasteiger partial charge in [0, 0.05) is 29.6 Å². The quantitative estimate of drug-likeness (QED) is 0.528. The molecule has 2 aromatic heterocycles. The number of carbonyl (C=O) groups excluding carboxylic acids is 1. The van der Waals surface area contributed by atoms with Gasteiger partial charge in [0.1, 0.15) is 6.54 Å². The van der Waals surface area contributed by atoms with Crippen LogP contribution in [0.1, 0.15) is 5.56 Å². The van der Waals surface area contributed by atoms with Gasteiger partial charge in [0.25, 0.3) is 11.1 Å². The highest BCUT2D eigenvalue weighted by atomic mass is 16.2. The molecule has 0 aliphatic carbocycles. The standard InChI is InChI=1S/C24H20N4O3/c29-22(17-28-24(31)14-13-21(26-28)19-6-2-1-3-7-19)25-20-11-9-18(10-12-20)16-27-15-5-4-8-23(27)30/h1-15H,16-17H2,(H,25,29). The zero-order valence-electron chi connectivity index (χ0n) is 16.6. The van der Waals surface area contributed by atoms with Crippen molar-refractivity contribution in [2.24, 2.45) is 0 Å². The zero-order chi connectivity index (χ0) is 21.6. The number of benzene rings is 2. The van der Waals surface area contributed by atoms with Gasteiger partial charge < -0.3 is 9.88 Å². The lowest BCUT2D eigenvalue weighted by Crippen LogP contribution is -2.29. The predicted octanol–water partition coefficient (Wildman–Crippen LogP) is 2.76. The van der Waals surface area contributed by atoms with Crippen LogP contribution in [0.25, 0.3) is 11.3 Å². The van der Waals surface area contributed by atoms with Gasteiger partial charge in [-0.05, 0) is 29.8 Å². The van der Waals surface area contributed by atoms with Crippen LogP contribution in [0.15, 0.2) is 101 Å². The van der Waals surface area contributed by atoms with Crippen LogP contribution < -0.4 is 16.4 Å². The number of pyridine rings is 1. The number of aromatic nitrogens is 3. The molecule has 1 amide bonds. The zero-order valence-corrected chi connectivity index (χ0v) is 16.6. The Bertz CT molecular complexity index is 1310. The average molecular weight is 412 g/mol. The van der Waals surface area contributed by atoms with Gasteiger partial charge in [-0.1, -0.05) is 48.5 Å². The topological polar surface area (TPSA) is 86.0 Å². The van der Waals surface area contributed by atoms with Crippen molar-refractivity contribution >= 4 is 11.6 Å². The van der Waals surface area contributed by atoms with Crippen LogP contribution in [-0.2, 0) is 17.9 Å². The molecule has 0 saturated carbocycles. The van der Waals surface area contributed by atoms with Gasteiger partial charge in [-0.25, -0.2) is 4.68 Å². The summed E-state index contributed by atoms with van der Waals surface area (Å²) < 4.78 is 2.75. The number of hydrogen-bond donors (Lipinski definition) is 1. The first-order valence-electron chi connectivity index (χ1n) is 9.76. The second kappa shape index (κ2) is 9.04. The molecule has 31 heavy (non-hydrogen) atoms. The first-order chi connectivity index (χ1) is 15.1. The van der Waals surface area contributed by atoms with E-state index in [0.29, 0.717) is 17.9 Å². The molecule has 0 unspecified atom stereocenters. The first-order valence-corrected chi connectivity index (χ1v) is 9.76. The van der Waals surface area contributed by atoms with Gasteiger partial charge in [-0.15, -0.1) is 0 Å². The lowest BCUT2D eigenvalue weighted by Gasteiger charge is -2.09. The fraction of sp³-hybridized carbons (Fsp3) is 0.0833. The van der Waals surface area contributed by atoms with E-state index in [1.165, 1.54) is 12.1 Å². The molecule has 2 heterocycles. The third kappa shape index (κ3) is 5.02. The van der Waals surface area contributed by atoms with Crippen LogP contribution in [0.5, 0.6) is 0 Å². The number of nitrogens with zero attached hydrogens (tertiary/aromatic N) is 3. The minimum Gasteiger partial charge on any atom is -0.324 e. The summed E-state index contributed by atoms with van der Waals surface area (Å²) in [5.41, 5.74) is 2.59. The van der Waals surface area contributed by atoms with E-state index in [9.17, 15) is 14.4 Å². The lowest BCUT2D eigenvalue weighted by molar-refractivity contribution is -0.117. The Morgan fingerprint density at radius 3 is 2.29 bits per heavy atom. The number of anilines is 1. The summed E-state index contributed by atoms with van der Waals surface area (Å²) in [7, 11) is 0. The molecule has 0 spiro atoms. The van der Waals surface area contributed by atoms with Gasteiger partial charge >= 0.3 is 0 Å². The van der Waals surface area contributed by atoms with Gasteiger partial charge in [-0.2, -0.15) is 5.10 Å². The van der Waals surface area contributed by atoms with Crippen LogP contribution in [0, 0.1) is 0 Å². The van der Waals surface area contributed by atoms with E-state index in [1.54, 1.807) is 41.1 Å². The minimum atomic E-state index is -0.355. The largest absolute Gasteiger partial charge is 0.324 e. The van der Waals surface area contributed by atoms with Gasteiger partial charge in [-0.3, -0.25) is 14.4 Å². The Kier molecular flexibility index (Phi) is 5.84. The van der Waals surface area contributed by atoms with E-state index in [4.69, 9.17) is 0 Å². The Hall–Kier alpha value is -4.26. The smallest absolute Gasteiger partial charge is 0.267 e. The maximum Gasteiger partial charge on any atom is 0.267 e. The first kappa shape index (κ1) is 20.0. The molecule has 2 aromatic carbocycles. The fourth-order valence-electron chi connectivity index (χ4n) is 3.14. The molecule has 0 bridgehead atoms. The Morgan fingerprint density at radius 1 is 0.806 bits per heavy atom. The van der Waals surface area contributed by atoms with Crippen molar-refractivity contribution in [3.8, 4) is 11.3 Å². The van der Waals surface area contributed by atoms with E-state index in [0.717, 1.165) is 15.8 Å². The van der Waals surface area contributed by atoms with E-state index in [2.05, 4.69) is 10.4 Å². The molecule has 4 aromatic rings. The van der Waals surface area contributed by atoms with Crippen molar-refractivity contribution in [1.82, 2.24) is 14.3 Å². The number of amides is 1. The molecule has 0 aliphatic rings. The Morgan fingerprint density at radius 2 is 1.55 bits per heavy atom. The summed E-state index contributed by atoms with van der Waals surface area (Å²) >= 11 is 0. The summed E-state index contributed by atoms with van der Waals surface area (Å²) in [6.45, 7) is 0.250. The second-order valence-electron chi connectivity index (χ2n) is 6.99. The van der Waals surface area contributed by atoms with E-state index < -0.39 is 0 Å². The highest BCUT2D eigenvalue weighted by Crippen LogP contribution is 2.14. The SMILES string of the molecule is O=C(Cn1nc(-c2ccccc2)ccc1=O)Nc1ccc(Cn2ccccc2=O)cc1. The lowest BCUT2D eigenvalue weighted by atomic mass is 10.1. The summed E-state index contributed by atoms with van der Waals surface area (Å²) in [5.74, 6) is -0.355. The van der Waals surface area contributed by atoms with Crippen molar-refractivity contribution in [2.75, 3.05) is 5.32 Å². The molecule has 4 rings (SSSR count). The average Bonchev–Trinajstić information content (AvgIpc) is 2.79. The van der Waals surface area contributed by atoms with Crippen molar-refractivity contribution in [2.45, 2.75) is 13.1 Å². The molecule has 7 heteroatoms. The van der Waals surface area contributed by atoms with Crippen LogP contribution in [0.4, 0.5) is 5.69 Å². The molecular weight excluding hydrogens is 392 g/mol. The summed E-state index contributed by atoms with van der Waals surface area (Å²) in [6, 6.07) is 24.7. The summed E-state index contributed by atoms with van der Waals surface area (Å²) in [6.07, 6.45) is 1.73. The Balaban J connectivity index is 1.43. The molecule has 0 saturated heterocycles. The van der Waals surface area contributed by atoms with E-state index >= 15 is 0 Å². The van der Waals surface area contributed by atoms with Crippen LogP contribution in [0.3, 0.4) is 0 Å². The van der Waals surface area contributed by atoms with Gasteiger partial charge in [0.2, 0.25) is 5.91 Å². The van der Waals surface area contributed by atoms with E-state index in [-0.39, 0.29) is 23.6 Å². The highest BCUT2D eigenvalue weighted by Gasteiger charge is 2.09. The van der Waals surface area contributed by atoms with Crippen LogP contribution >= 0.6 is 0 Å². The monoisotopic (exact) mass is 412 g/mol. The molecular formula is C24H20N4O3. The third-order valence-electron chi connectivity index (χ3n) is 4.72. The second-order valence-corrected chi connectivity index (χ2v) is 6.99. The number of rotatable bonds is 6. The minimum absolute atomic E-state index is 0.0736. The Labute approximate surface area is 178 Å². The number of carbonyl (C=O) groups is 1.